The van der Waals surface area contributed by atoms with E-state index in [-0.39, 0.29) is 11.8 Å². The van der Waals surface area contributed by atoms with E-state index < -0.39 is 6.61 Å². The van der Waals surface area contributed by atoms with Crippen LogP contribution in [0.3, 0.4) is 0 Å². The molecule has 1 saturated carbocycles. The monoisotopic (exact) mass is 283 g/mol. The minimum atomic E-state index is -2.77. The van der Waals surface area contributed by atoms with Crippen LogP contribution in [-0.4, -0.2) is 12.7 Å². The van der Waals surface area contributed by atoms with E-state index in [9.17, 15) is 8.78 Å². The van der Waals surface area contributed by atoms with Gasteiger partial charge < -0.3 is 10.1 Å². The number of halogens is 2. The zero-order chi connectivity index (χ0) is 14.8. The molecule has 2 atom stereocenters. The van der Waals surface area contributed by atoms with Gasteiger partial charge in [0.25, 0.3) is 0 Å². The van der Waals surface area contributed by atoms with E-state index in [1.807, 2.05) is 12.1 Å². The number of ether oxygens (including phenoxy) is 1. The lowest BCUT2D eigenvalue weighted by atomic mass is 9.86. The predicted molar refractivity (Wildman–Crippen MR) is 76.0 cm³/mol. The topological polar surface area (TPSA) is 21.3 Å². The molecule has 20 heavy (non-hydrogen) atoms. The highest BCUT2D eigenvalue weighted by atomic mass is 19.3. The zero-order valence-electron chi connectivity index (χ0n) is 12.3. The van der Waals surface area contributed by atoms with E-state index in [2.05, 4.69) is 30.8 Å². The molecule has 2 unspecified atom stereocenters. The molecule has 4 heteroatoms. The van der Waals surface area contributed by atoms with Crippen molar-refractivity contribution >= 4 is 0 Å². The van der Waals surface area contributed by atoms with Gasteiger partial charge in [-0.05, 0) is 42.9 Å². The minimum Gasteiger partial charge on any atom is -0.435 e. The van der Waals surface area contributed by atoms with Crippen molar-refractivity contribution in [3.63, 3.8) is 0 Å². The largest absolute Gasteiger partial charge is 0.435 e. The molecule has 1 aromatic carbocycles. The van der Waals surface area contributed by atoms with Gasteiger partial charge in [-0.2, -0.15) is 8.78 Å². The van der Waals surface area contributed by atoms with Gasteiger partial charge in [0, 0.05) is 12.1 Å². The van der Waals surface area contributed by atoms with Crippen LogP contribution in [0.15, 0.2) is 24.3 Å². The molecule has 1 aromatic rings. The molecule has 112 valence electrons. The Labute approximate surface area is 119 Å². The van der Waals surface area contributed by atoms with Crippen molar-refractivity contribution in [2.24, 2.45) is 5.41 Å². The fourth-order valence-corrected chi connectivity index (χ4v) is 2.97. The van der Waals surface area contributed by atoms with Crippen LogP contribution >= 0.6 is 0 Å². The van der Waals surface area contributed by atoms with Crippen molar-refractivity contribution in [2.45, 2.75) is 58.7 Å². The fraction of sp³-hybridized carbons (Fsp3) is 0.625. The van der Waals surface area contributed by atoms with Gasteiger partial charge >= 0.3 is 6.61 Å². The molecular formula is C16H23F2NO. The summed E-state index contributed by atoms with van der Waals surface area (Å²) < 4.78 is 28.6. The number of hydrogen-bond donors (Lipinski definition) is 1. The molecule has 2 nitrogen and oxygen atoms in total. The maximum absolute atomic E-state index is 12.1. The van der Waals surface area contributed by atoms with Gasteiger partial charge in [-0.25, -0.2) is 0 Å². The molecular weight excluding hydrogens is 260 g/mol. The van der Waals surface area contributed by atoms with E-state index in [1.165, 1.54) is 19.3 Å². The lowest BCUT2D eigenvalue weighted by Crippen LogP contribution is -2.39. The number of hydrogen-bond acceptors (Lipinski definition) is 2. The molecule has 0 aromatic heterocycles. The van der Waals surface area contributed by atoms with E-state index in [4.69, 9.17) is 0 Å². The van der Waals surface area contributed by atoms with Crippen LogP contribution in [-0.2, 0) is 0 Å². The first-order chi connectivity index (χ1) is 9.38. The SMILES string of the molecule is CC(NC1CCCC1(C)C)c1ccc(OC(F)F)cc1. The minimum absolute atomic E-state index is 0.206. The summed E-state index contributed by atoms with van der Waals surface area (Å²) in [5.74, 6) is 0.206. The van der Waals surface area contributed by atoms with Crippen LogP contribution in [0.5, 0.6) is 5.75 Å². The molecule has 0 heterocycles. The van der Waals surface area contributed by atoms with Gasteiger partial charge in [-0.1, -0.05) is 32.4 Å². The Hall–Kier alpha value is -1.16. The summed E-state index contributed by atoms with van der Waals surface area (Å²) in [4.78, 5) is 0. The second kappa shape index (κ2) is 6.08. The molecule has 0 amide bonds. The van der Waals surface area contributed by atoms with Gasteiger partial charge in [0.15, 0.2) is 0 Å². The fourth-order valence-electron chi connectivity index (χ4n) is 2.97. The van der Waals surface area contributed by atoms with Gasteiger partial charge in [0.2, 0.25) is 0 Å². The van der Waals surface area contributed by atoms with E-state index in [1.54, 1.807) is 12.1 Å². The van der Waals surface area contributed by atoms with Crippen LogP contribution in [0.1, 0.15) is 51.6 Å². The average Bonchev–Trinajstić information content (AvgIpc) is 2.69. The highest BCUT2D eigenvalue weighted by molar-refractivity contribution is 5.29. The van der Waals surface area contributed by atoms with E-state index in [0.717, 1.165) is 5.56 Å². The van der Waals surface area contributed by atoms with Gasteiger partial charge in [-0.3, -0.25) is 0 Å². The Morgan fingerprint density at radius 1 is 1.25 bits per heavy atom. The second-order valence-corrected chi connectivity index (χ2v) is 6.27. The number of alkyl halides is 2. The summed E-state index contributed by atoms with van der Waals surface area (Å²) in [5.41, 5.74) is 1.42. The average molecular weight is 283 g/mol. The second-order valence-electron chi connectivity index (χ2n) is 6.27. The summed E-state index contributed by atoms with van der Waals surface area (Å²) in [6, 6.07) is 7.60. The third-order valence-corrected chi connectivity index (χ3v) is 4.31. The summed E-state index contributed by atoms with van der Waals surface area (Å²) in [5, 5.41) is 3.66. The number of benzene rings is 1. The van der Waals surface area contributed by atoms with Crippen LogP contribution in [0.4, 0.5) is 8.78 Å². The predicted octanol–water partition coefficient (Wildman–Crippen LogP) is 4.52. The van der Waals surface area contributed by atoms with Crippen molar-refractivity contribution < 1.29 is 13.5 Å². The summed E-state index contributed by atoms with van der Waals surface area (Å²) >= 11 is 0. The standard InChI is InChI=1S/C16H23F2NO/c1-11(19-14-5-4-10-16(14,2)3)12-6-8-13(9-7-12)20-15(17)18/h6-9,11,14-15,19H,4-5,10H2,1-3H3. The Morgan fingerprint density at radius 2 is 1.90 bits per heavy atom. The number of nitrogens with one attached hydrogen (secondary N) is 1. The molecule has 1 aliphatic carbocycles. The molecule has 0 bridgehead atoms. The van der Waals surface area contributed by atoms with Crippen LogP contribution in [0, 0.1) is 5.41 Å². The van der Waals surface area contributed by atoms with Gasteiger partial charge in [-0.15, -0.1) is 0 Å². The molecule has 0 spiro atoms. The van der Waals surface area contributed by atoms with Crippen molar-refractivity contribution in [1.82, 2.24) is 5.32 Å². The smallest absolute Gasteiger partial charge is 0.387 e. The maximum Gasteiger partial charge on any atom is 0.387 e. The summed E-state index contributed by atoms with van der Waals surface area (Å²) in [7, 11) is 0. The Balaban J connectivity index is 1.97. The van der Waals surface area contributed by atoms with Crippen LogP contribution in [0.25, 0.3) is 0 Å². The van der Waals surface area contributed by atoms with Gasteiger partial charge in [0.05, 0.1) is 0 Å². The normalized spacial score (nSPS) is 23.0. The first kappa shape index (κ1) is 15.2. The highest BCUT2D eigenvalue weighted by Gasteiger charge is 2.34. The molecule has 1 aliphatic rings. The zero-order valence-corrected chi connectivity index (χ0v) is 12.3. The summed E-state index contributed by atoms with van der Waals surface area (Å²) in [6.45, 7) is 3.93. The Kier molecular flexibility index (Phi) is 4.63. The van der Waals surface area contributed by atoms with Crippen LogP contribution in [0.2, 0.25) is 0 Å². The van der Waals surface area contributed by atoms with Crippen molar-refractivity contribution in [3.8, 4) is 5.75 Å². The molecule has 0 aliphatic heterocycles. The Bertz CT molecular complexity index is 431. The molecule has 0 saturated heterocycles. The lowest BCUT2D eigenvalue weighted by Gasteiger charge is -2.31. The third-order valence-electron chi connectivity index (χ3n) is 4.31. The first-order valence-electron chi connectivity index (χ1n) is 7.19. The molecule has 1 N–H and O–H groups in total. The van der Waals surface area contributed by atoms with Crippen molar-refractivity contribution in [1.29, 1.82) is 0 Å². The van der Waals surface area contributed by atoms with Crippen molar-refractivity contribution in [2.75, 3.05) is 0 Å². The summed E-state index contributed by atoms with van der Waals surface area (Å²) in [6.07, 6.45) is 3.71. The number of rotatable bonds is 5. The van der Waals surface area contributed by atoms with E-state index >= 15 is 0 Å². The van der Waals surface area contributed by atoms with E-state index in [0.29, 0.717) is 11.5 Å². The lowest BCUT2D eigenvalue weighted by molar-refractivity contribution is -0.0498. The molecule has 2 rings (SSSR count). The first-order valence-corrected chi connectivity index (χ1v) is 7.19. The third kappa shape index (κ3) is 3.69. The van der Waals surface area contributed by atoms with Crippen LogP contribution < -0.4 is 10.1 Å². The maximum atomic E-state index is 12.1. The highest BCUT2D eigenvalue weighted by Crippen LogP contribution is 2.38. The molecule has 1 fully saturated rings. The van der Waals surface area contributed by atoms with Gasteiger partial charge in [0.1, 0.15) is 5.75 Å². The Morgan fingerprint density at radius 3 is 2.40 bits per heavy atom. The molecule has 0 radical (unpaired) electrons. The van der Waals surface area contributed by atoms with Crippen molar-refractivity contribution in [3.05, 3.63) is 29.8 Å². The quantitative estimate of drug-likeness (QED) is 0.858.